The first-order chi connectivity index (χ1) is 19.8. The number of rotatable bonds is 8. The highest BCUT2D eigenvalue weighted by atomic mass is 32.2. The molecule has 1 aromatic rings. The smallest absolute Gasteiger partial charge is 0.311 e. The highest BCUT2D eigenvalue weighted by Crippen LogP contribution is 2.61. The number of nitrogens with zero attached hydrogens (tertiary/aromatic N) is 3. The summed E-state index contributed by atoms with van der Waals surface area (Å²) in [5, 5.41) is 10.3. The molecule has 1 spiro atoms. The van der Waals surface area contributed by atoms with Gasteiger partial charge in [-0.1, -0.05) is 38.2 Å². The Kier molecular flexibility index (Phi) is 8.85. The molecule has 5 rings (SSSR count). The van der Waals surface area contributed by atoms with Crippen LogP contribution in [0.25, 0.3) is 0 Å². The number of aliphatic hydroxyl groups is 1. The molecule has 0 aromatic heterocycles. The number of ether oxygens (including phenoxy) is 1. The van der Waals surface area contributed by atoms with Gasteiger partial charge in [-0.3, -0.25) is 14.4 Å². The fraction of sp³-hybridized carbons (Fsp3) is 0.594. The quantitative estimate of drug-likeness (QED) is 0.366. The van der Waals surface area contributed by atoms with E-state index in [0.29, 0.717) is 19.6 Å². The van der Waals surface area contributed by atoms with E-state index in [1.807, 2.05) is 56.3 Å². The van der Waals surface area contributed by atoms with Gasteiger partial charge in [-0.15, -0.1) is 11.8 Å². The number of aliphatic hydroxyl groups excluding tert-OH is 1. The van der Waals surface area contributed by atoms with Crippen molar-refractivity contribution in [3.8, 4) is 0 Å². The maximum Gasteiger partial charge on any atom is 0.311 e. The molecule has 0 saturated carbocycles. The van der Waals surface area contributed by atoms with E-state index in [2.05, 4.69) is 24.8 Å². The van der Waals surface area contributed by atoms with Gasteiger partial charge in [0, 0.05) is 36.3 Å². The van der Waals surface area contributed by atoms with Crippen LogP contribution in [0.5, 0.6) is 0 Å². The maximum absolute atomic E-state index is 14.7. The molecule has 2 fully saturated rings. The number of amides is 2. The summed E-state index contributed by atoms with van der Waals surface area (Å²) in [6.07, 6.45) is 10.2. The Labute approximate surface area is 247 Å². The van der Waals surface area contributed by atoms with Gasteiger partial charge in [0.15, 0.2) is 0 Å². The summed E-state index contributed by atoms with van der Waals surface area (Å²) in [4.78, 5) is 48.2. The summed E-state index contributed by atoms with van der Waals surface area (Å²) in [6.45, 7) is 10.5. The Hall–Kier alpha value is -2.78. The molecule has 8 nitrogen and oxygen atoms in total. The van der Waals surface area contributed by atoms with E-state index < -0.39 is 28.7 Å². The lowest BCUT2D eigenvalue weighted by atomic mass is 9.78. The minimum absolute atomic E-state index is 0.181. The third-order valence-corrected chi connectivity index (χ3v) is 10.7. The van der Waals surface area contributed by atoms with Crippen LogP contribution in [0, 0.1) is 17.8 Å². The zero-order valence-electron chi connectivity index (χ0n) is 24.6. The first-order valence-electron chi connectivity index (χ1n) is 15.1. The molecule has 0 bridgehead atoms. The first-order valence-corrected chi connectivity index (χ1v) is 15.9. The Balaban J connectivity index is 1.59. The van der Waals surface area contributed by atoms with Crippen molar-refractivity contribution >= 4 is 40.9 Å². The Morgan fingerprint density at radius 3 is 2.49 bits per heavy atom. The van der Waals surface area contributed by atoms with E-state index in [1.165, 1.54) is 0 Å². The Morgan fingerprint density at radius 1 is 1.10 bits per heavy atom. The number of allylic oxidation sites excluding steroid dienone is 1. The number of cyclic esters (lactones) is 1. The molecule has 1 aromatic carbocycles. The zero-order chi connectivity index (χ0) is 29.3. The number of likely N-dealkylation sites (tertiary alicyclic amines) is 1. The van der Waals surface area contributed by atoms with Crippen molar-refractivity contribution in [3.05, 3.63) is 48.6 Å². The van der Waals surface area contributed by atoms with E-state index in [1.54, 1.807) is 21.6 Å². The van der Waals surface area contributed by atoms with Gasteiger partial charge < -0.3 is 24.5 Å². The van der Waals surface area contributed by atoms with Crippen molar-refractivity contribution in [1.29, 1.82) is 0 Å². The van der Waals surface area contributed by atoms with Crippen LogP contribution in [0.3, 0.4) is 0 Å². The molecule has 0 radical (unpaired) electrons. The van der Waals surface area contributed by atoms with Gasteiger partial charge in [0.2, 0.25) is 5.91 Å². The van der Waals surface area contributed by atoms with Crippen molar-refractivity contribution in [3.63, 3.8) is 0 Å². The zero-order valence-corrected chi connectivity index (χ0v) is 25.4. The summed E-state index contributed by atoms with van der Waals surface area (Å²) >= 11 is 1.54. The molecule has 1 N–H and O–H groups in total. The van der Waals surface area contributed by atoms with Crippen LogP contribution in [-0.4, -0.2) is 82.7 Å². The van der Waals surface area contributed by atoms with Crippen molar-refractivity contribution in [2.75, 3.05) is 42.6 Å². The van der Waals surface area contributed by atoms with Gasteiger partial charge in [-0.2, -0.15) is 0 Å². The van der Waals surface area contributed by atoms with Crippen LogP contribution in [0.2, 0.25) is 0 Å². The molecule has 4 heterocycles. The molecular formula is C32H43N3O5S. The Morgan fingerprint density at radius 2 is 1.83 bits per heavy atom. The summed E-state index contributed by atoms with van der Waals surface area (Å²) in [5.41, 5.74) is 1.85. The van der Waals surface area contributed by atoms with Crippen LogP contribution in [-0.2, 0) is 19.1 Å². The van der Waals surface area contributed by atoms with Gasteiger partial charge >= 0.3 is 5.97 Å². The van der Waals surface area contributed by atoms with Gasteiger partial charge in [0.05, 0.1) is 35.8 Å². The first kappa shape index (κ1) is 29.7. The van der Waals surface area contributed by atoms with Crippen molar-refractivity contribution in [1.82, 2.24) is 4.90 Å². The lowest BCUT2D eigenvalue weighted by Crippen LogP contribution is -2.57. The second kappa shape index (κ2) is 12.2. The van der Waals surface area contributed by atoms with Crippen molar-refractivity contribution in [2.45, 2.75) is 69.0 Å². The standard InChI is InChI=1S/C32H43N3O5S/c1-5-33(6-2)22-12-14-23(15-13-22)34-17-10-16-32-27(26-25(41-32)11-8-7-9-18-40-31(26)39)29(37)35(28(32)30(34)38)24(20-36)19-21(3)4/h8,10-16,21,24-28,36H,5-7,9,17-20H2,1-4H3/b11-8-/t24-,25+,26-,27+,28?,32+/m1/s1. The molecule has 0 aliphatic carbocycles. The van der Waals surface area contributed by atoms with Crippen LogP contribution >= 0.6 is 11.8 Å². The second-order valence-corrected chi connectivity index (χ2v) is 13.3. The van der Waals surface area contributed by atoms with Crippen LogP contribution in [0.15, 0.2) is 48.6 Å². The van der Waals surface area contributed by atoms with Gasteiger partial charge in [-0.25, -0.2) is 0 Å². The average Bonchev–Trinajstić information content (AvgIpc) is 3.37. The number of benzene rings is 1. The summed E-state index contributed by atoms with van der Waals surface area (Å²) < 4.78 is 4.72. The number of anilines is 2. The normalized spacial score (nSPS) is 31.0. The molecule has 2 amide bonds. The number of hydrogen-bond donors (Lipinski definition) is 1. The van der Waals surface area contributed by atoms with E-state index >= 15 is 0 Å². The maximum atomic E-state index is 14.7. The molecule has 9 heteroatoms. The number of esters is 1. The van der Waals surface area contributed by atoms with E-state index in [0.717, 1.165) is 37.3 Å². The third kappa shape index (κ3) is 5.20. The van der Waals surface area contributed by atoms with E-state index in [9.17, 15) is 19.5 Å². The van der Waals surface area contributed by atoms with Gasteiger partial charge in [0.25, 0.3) is 5.91 Å². The fourth-order valence-corrected chi connectivity index (χ4v) is 9.06. The van der Waals surface area contributed by atoms with E-state index in [-0.39, 0.29) is 35.6 Å². The molecule has 4 aliphatic rings. The molecule has 41 heavy (non-hydrogen) atoms. The number of fused-ring (bicyclic) bond motifs is 2. The topological polar surface area (TPSA) is 90.4 Å². The van der Waals surface area contributed by atoms with Crippen LogP contribution in [0.4, 0.5) is 11.4 Å². The molecule has 6 atom stereocenters. The Bertz CT molecular complexity index is 1200. The largest absolute Gasteiger partial charge is 0.465 e. The molecular weight excluding hydrogens is 538 g/mol. The van der Waals surface area contributed by atoms with E-state index in [4.69, 9.17) is 4.74 Å². The number of hydrogen-bond acceptors (Lipinski definition) is 7. The fourth-order valence-electron chi connectivity index (χ4n) is 7.07. The number of thioether (sulfide) groups is 1. The summed E-state index contributed by atoms with van der Waals surface area (Å²) in [6, 6.07) is 6.62. The second-order valence-electron chi connectivity index (χ2n) is 11.8. The minimum Gasteiger partial charge on any atom is -0.465 e. The summed E-state index contributed by atoms with van der Waals surface area (Å²) in [5.74, 6) is -2.02. The molecule has 4 aliphatic heterocycles. The predicted molar refractivity (Wildman–Crippen MR) is 163 cm³/mol. The lowest BCUT2D eigenvalue weighted by molar-refractivity contribution is -0.153. The van der Waals surface area contributed by atoms with Crippen LogP contribution < -0.4 is 9.80 Å². The third-order valence-electron chi connectivity index (χ3n) is 8.93. The highest BCUT2D eigenvalue weighted by Gasteiger charge is 2.71. The average molecular weight is 582 g/mol. The monoisotopic (exact) mass is 581 g/mol. The van der Waals surface area contributed by atoms with Crippen LogP contribution in [0.1, 0.15) is 47.0 Å². The highest BCUT2D eigenvalue weighted by molar-refractivity contribution is 8.02. The molecule has 1 unspecified atom stereocenters. The summed E-state index contributed by atoms with van der Waals surface area (Å²) in [7, 11) is 0. The minimum atomic E-state index is -0.938. The lowest BCUT2D eigenvalue weighted by Gasteiger charge is -2.39. The SMILES string of the molecule is CCN(CC)c1ccc(N2CC=C[C@]34S[C@H]5/C=C\CCCOC(=O)[C@H]5[C@H]3C(=O)N([C@@H](CO)CC(C)C)C4C2=O)cc1. The number of carbonyl (C=O) groups excluding carboxylic acids is 3. The van der Waals surface area contributed by atoms with Crippen molar-refractivity contribution in [2.24, 2.45) is 17.8 Å². The molecule has 2 saturated heterocycles. The number of carbonyl (C=O) groups is 3. The molecule has 222 valence electrons. The van der Waals surface area contributed by atoms with Crippen molar-refractivity contribution < 1.29 is 24.2 Å². The predicted octanol–water partition coefficient (Wildman–Crippen LogP) is 4.03. The van der Waals surface area contributed by atoms with Gasteiger partial charge in [0.1, 0.15) is 6.04 Å². The van der Waals surface area contributed by atoms with Gasteiger partial charge in [-0.05, 0) is 63.3 Å².